The van der Waals surface area contributed by atoms with Gasteiger partial charge < -0.3 is 10.6 Å². The first kappa shape index (κ1) is 19.7. The molecule has 1 aliphatic heterocycles. The maximum atomic E-state index is 12.2. The summed E-state index contributed by atoms with van der Waals surface area (Å²) in [5.41, 5.74) is 1.28. The maximum Gasteiger partial charge on any atom is 0.220 e. The molecule has 136 valence electrons. The number of benzene rings is 2. The Hall–Kier alpha value is -1.58. The number of piperidine rings is 1. The molecule has 0 aliphatic carbocycles. The smallest absolute Gasteiger partial charge is 0.220 e. The third kappa shape index (κ3) is 5.72. The molecule has 25 heavy (non-hydrogen) atoms. The van der Waals surface area contributed by atoms with Gasteiger partial charge in [0, 0.05) is 13.0 Å². The number of amides is 1. The van der Waals surface area contributed by atoms with Crippen molar-refractivity contribution in [2.75, 3.05) is 19.6 Å². The highest BCUT2D eigenvalue weighted by molar-refractivity contribution is 5.85. The predicted octanol–water partition coefficient (Wildman–Crippen LogP) is 3.95. The summed E-state index contributed by atoms with van der Waals surface area (Å²) in [7, 11) is 0. The Labute approximate surface area is 157 Å². The fraction of sp³-hybridized carbons (Fsp3) is 0.476. The van der Waals surface area contributed by atoms with Gasteiger partial charge in [-0.15, -0.1) is 12.4 Å². The van der Waals surface area contributed by atoms with Crippen LogP contribution >= 0.6 is 12.4 Å². The molecule has 0 saturated carbocycles. The van der Waals surface area contributed by atoms with Crippen LogP contribution in [0.25, 0.3) is 10.8 Å². The lowest BCUT2D eigenvalue weighted by molar-refractivity contribution is -0.122. The van der Waals surface area contributed by atoms with Crippen molar-refractivity contribution >= 4 is 29.1 Å². The summed E-state index contributed by atoms with van der Waals surface area (Å²) < 4.78 is 0. The van der Waals surface area contributed by atoms with Crippen LogP contribution in [0.2, 0.25) is 0 Å². The molecule has 1 fully saturated rings. The number of carbonyl (C=O) groups is 1. The van der Waals surface area contributed by atoms with Crippen LogP contribution in [0, 0.1) is 11.8 Å². The highest BCUT2D eigenvalue weighted by Gasteiger charge is 2.21. The Bertz CT molecular complexity index is 682. The van der Waals surface area contributed by atoms with Crippen molar-refractivity contribution in [2.24, 2.45) is 11.8 Å². The van der Waals surface area contributed by atoms with Crippen molar-refractivity contribution in [1.82, 2.24) is 10.6 Å². The van der Waals surface area contributed by atoms with Crippen molar-refractivity contribution < 1.29 is 4.79 Å². The molecule has 1 atom stereocenters. The third-order valence-electron chi connectivity index (χ3n) is 5.25. The molecule has 2 aromatic rings. The number of halogens is 1. The Kier molecular flexibility index (Phi) is 7.73. The molecule has 3 nitrogen and oxygen atoms in total. The zero-order valence-corrected chi connectivity index (χ0v) is 15.8. The van der Waals surface area contributed by atoms with E-state index in [1.807, 2.05) is 0 Å². The summed E-state index contributed by atoms with van der Waals surface area (Å²) in [4.78, 5) is 12.2. The van der Waals surface area contributed by atoms with Crippen LogP contribution in [0.3, 0.4) is 0 Å². The molecule has 0 radical (unpaired) electrons. The van der Waals surface area contributed by atoms with Crippen LogP contribution in [0.4, 0.5) is 0 Å². The first-order valence-electron chi connectivity index (χ1n) is 9.17. The fourth-order valence-electron chi connectivity index (χ4n) is 3.69. The van der Waals surface area contributed by atoms with E-state index in [-0.39, 0.29) is 18.3 Å². The average molecular weight is 361 g/mol. The Morgan fingerprint density at radius 1 is 1.16 bits per heavy atom. The molecule has 1 aliphatic rings. The predicted molar refractivity (Wildman–Crippen MR) is 107 cm³/mol. The van der Waals surface area contributed by atoms with Gasteiger partial charge in [-0.25, -0.2) is 0 Å². The molecular weight excluding hydrogens is 332 g/mol. The van der Waals surface area contributed by atoms with E-state index in [1.54, 1.807) is 0 Å². The molecule has 4 heteroatoms. The minimum Gasteiger partial charge on any atom is -0.356 e. The maximum absolute atomic E-state index is 12.2. The normalized spacial score (nSPS) is 16.2. The quantitative estimate of drug-likeness (QED) is 0.819. The minimum atomic E-state index is 0. The average Bonchev–Trinajstić information content (AvgIpc) is 2.62. The lowest BCUT2D eigenvalue weighted by atomic mass is 9.84. The molecule has 1 heterocycles. The molecule has 0 aromatic heterocycles. The number of carbonyl (C=O) groups excluding carboxylic acids is 1. The highest BCUT2D eigenvalue weighted by Crippen LogP contribution is 2.24. The SMILES string of the molecule is CC(CC(=O)NCCc1ccc2ccccc2c1)C1CCNCC1.Cl. The largest absolute Gasteiger partial charge is 0.356 e. The zero-order valence-electron chi connectivity index (χ0n) is 15.0. The van der Waals surface area contributed by atoms with Gasteiger partial charge in [0.25, 0.3) is 0 Å². The van der Waals surface area contributed by atoms with Gasteiger partial charge in [0.2, 0.25) is 5.91 Å². The van der Waals surface area contributed by atoms with E-state index >= 15 is 0 Å². The van der Waals surface area contributed by atoms with Crippen LogP contribution in [-0.2, 0) is 11.2 Å². The van der Waals surface area contributed by atoms with Gasteiger partial charge in [-0.05, 0) is 60.5 Å². The Morgan fingerprint density at radius 3 is 2.64 bits per heavy atom. The minimum absolute atomic E-state index is 0. The van der Waals surface area contributed by atoms with Crippen molar-refractivity contribution in [1.29, 1.82) is 0 Å². The van der Waals surface area contributed by atoms with E-state index in [0.717, 1.165) is 26.1 Å². The fourth-order valence-corrected chi connectivity index (χ4v) is 3.69. The van der Waals surface area contributed by atoms with E-state index in [0.29, 0.717) is 18.3 Å². The van der Waals surface area contributed by atoms with E-state index in [9.17, 15) is 4.79 Å². The zero-order chi connectivity index (χ0) is 16.8. The van der Waals surface area contributed by atoms with Crippen molar-refractivity contribution in [3.05, 3.63) is 48.0 Å². The monoisotopic (exact) mass is 360 g/mol. The van der Waals surface area contributed by atoms with Gasteiger partial charge in [-0.1, -0.05) is 49.4 Å². The number of fused-ring (bicyclic) bond motifs is 1. The molecule has 1 amide bonds. The van der Waals surface area contributed by atoms with Crippen LogP contribution in [-0.4, -0.2) is 25.5 Å². The Balaban J connectivity index is 0.00000225. The van der Waals surface area contributed by atoms with Crippen molar-refractivity contribution in [3.8, 4) is 0 Å². The molecule has 2 N–H and O–H groups in total. The number of hydrogen-bond acceptors (Lipinski definition) is 2. The Morgan fingerprint density at radius 2 is 1.88 bits per heavy atom. The lowest BCUT2D eigenvalue weighted by Crippen LogP contribution is -2.34. The molecule has 0 spiro atoms. The first-order valence-corrected chi connectivity index (χ1v) is 9.17. The van der Waals surface area contributed by atoms with E-state index in [4.69, 9.17) is 0 Å². The first-order chi connectivity index (χ1) is 11.7. The summed E-state index contributed by atoms with van der Waals surface area (Å²) in [6.07, 6.45) is 3.94. The van der Waals surface area contributed by atoms with Gasteiger partial charge in [0.15, 0.2) is 0 Å². The number of hydrogen-bond donors (Lipinski definition) is 2. The van der Waals surface area contributed by atoms with Crippen LogP contribution in [0.5, 0.6) is 0 Å². The van der Waals surface area contributed by atoms with Gasteiger partial charge in [-0.2, -0.15) is 0 Å². The molecule has 2 aromatic carbocycles. The lowest BCUT2D eigenvalue weighted by Gasteiger charge is -2.27. The third-order valence-corrected chi connectivity index (χ3v) is 5.25. The number of rotatable bonds is 6. The van der Waals surface area contributed by atoms with Gasteiger partial charge in [0.1, 0.15) is 0 Å². The molecule has 0 bridgehead atoms. The molecule has 1 saturated heterocycles. The second-order valence-corrected chi connectivity index (χ2v) is 7.05. The van der Waals surface area contributed by atoms with Gasteiger partial charge in [-0.3, -0.25) is 4.79 Å². The topological polar surface area (TPSA) is 41.1 Å². The van der Waals surface area contributed by atoms with Crippen LogP contribution < -0.4 is 10.6 Å². The number of nitrogens with one attached hydrogen (secondary N) is 2. The van der Waals surface area contributed by atoms with Gasteiger partial charge in [0.05, 0.1) is 0 Å². The summed E-state index contributed by atoms with van der Waals surface area (Å²) in [5, 5.41) is 9.01. The van der Waals surface area contributed by atoms with E-state index in [1.165, 1.54) is 29.2 Å². The standard InChI is InChI=1S/C21H28N2O.ClH/c1-16(18-9-11-22-12-10-18)14-21(24)23-13-8-17-6-7-19-4-2-3-5-20(19)15-17;/h2-7,15-16,18,22H,8-14H2,1H3,(H,23,24);1H. The van der Waals surface area contributed by atoms with Crippen molar-refractivity contribution in [2.45, 2.75) is 32.6 Å². The summed E-state index contributed by atoms with van der Waals surface area (Å²) >= 11 is 0. The summed E-state index contributed by atoms with van der Waals surface area (Å²) in [5.74, 6) is 1.37. The van der Waals surface area contributed by atoms with E-state index in [2.05, 4.69) is 60.0 Å². The van der Waals surface area contributed by atoms with Crippen LogP contribution in [0.1, 0.15) is 31.7 Å². The van der Waals surface area contributed by atoms with E-state index < -0.39 is 0 Å². The summed E-state index contributed by atoms with van der Waals surface area (Å²) in [6, 6.07) is 14.9. The van der Waals surface area contributed by atoms with Crippen LogP contribution in [0.15, 0.2) is 42.5 Å². The molecular formula is C21H29ClN2O. The van der Waals surface area contributed by atoms with Gasteiger partial charge >= 0.3 is 0 Å². The summed E-state index contributed by atoms with van der Waals surface area (Å²) in [6.45, 7) is 5.13. The second kappa shape index (κ2) is 9.79. The van der Waals surface area contributed by atoms with Crippen molar-refractivity contribution in [3.63, 3.8) is 0 Å². The molecule has 3 rings (SSSR count). The highest BCUT2D eigenvalue weighted by atomic mass is 35.5. The molecule has 1 unspecified atom stereocenters. The second-order valence-electron chi connectivity index (χ2n) is 7.05.